The topological polar surface area (TPSA) is 17.1 Å². The second-order valence-electron chi connectivity index (χ2n) is 5.21. The predicted octanol–water partition coefficient (Wildman–Crippen LogP) is 3.98. The molecule has 3 aromatic rings. The summed E-state index contributed by atoms with van der Waals surface area (Å²) in [6, 6.07) is 25.2. The number of rotatable bonds is 6. The van der Waals surface area contributed by atoms with Crippen molar-refractivity contribution in [2.24, 2.45) is 0 Å². The van der Waals surface area contributed by atoms with Crippen LogP contribution in [0.2, 0.25) is 13.8 Å². The van der Waals surface area contributed by atoms with Crippen LogP contribution in [0, 0.1) is 0 Å². The van der Waals surface area contributed by atoms with E-state index in [4.69, 9.17) is 23.2 Å². The van der Waals surface area contributed by atoms with E-state index in [1.54, 1.807) is 0 Å². The van der Waals surface area contributed by atoms with Crippen LogP contribution in [0.5, 0.6) is 0 Å². The minimum absolute atomic E-state index is 0.00949. The standard InChI is InChI=1S/C20H14Cl2OSe2/c21-15-6-10-17(11-7-15)24-20(19(23)14-4-2-1-3-5-14)25-18-12-8-16(22)9-13-18/h1-13,20H. The molecule has 0 aromatic heterocycles. The molecule has 126 valence electrons. The molecule has 0 radical (unpaired) electrons. The molecule has 0 saturated carbocycles. The Bertz CT molecular complexity index is 786. The van der Waals surface area contributed by atoms with Crippen molar-refractivity contribution in [1.82, 2.24) is 0 Å². The fourth-order valence-corrected chi connectivity index (χ4v) is 8.73. The van der Waals surface area contributed by atoms with Crippen molar-refractivity contribution in [3.8, 4) is 0 Å². The van der Waals surface area contributed by atoms with E-state index in [0.717, 1.165) is 5.56 Å². The number of ketones is 1. The zero-order chi connectivity index (χ0) is 17.6. The van der Waals surface area contributed by atoms with Gasteiger partial charge in [-0.2, -0.15) is 0 Å². The summed E-state index contributed by atoms with van der Waals surface area (Å²) >= 11 is 12.0. The van der Waals surface area contributed by atoms with Gasteiger partial charge >= 0.3 is 171 Å². The predicted molar refractivity (Wildman–Crippen MR) is 108 cm³/mol. The number of Topliss-reactive ketones (excluding diaryl/α,β-unsaturated/α-hetero) is 1. The molecule has 1 nitrogen and oxygen atoms in total. The molecule has 25 heavy (non-hydrogen) atoms. The maximum absolute atomic E-state index is 13.1. The van der Waals surface area contributed by atoms with Crippen molar-refractivity contribution in [2.75, 3.05) is 0 Å². The molecule has 0 saturated heterocycles. The molecule has 0 unspecified atom stereocenters. The van der Waals surface area contributed by atoms with Crippen LogP contribution >= 0.6 is 23.2 Å². The molecular weight excluding hydrogens is 485 g/mol. The van der Waals surface area contributed by atoms with E-state index in [1.165, 1.54) is 8.92 Å². The molecule has 0 atom stereocenters. The van der Waals surface area contributed by atoms with Crippen molar-refractivity contribution in [3.05, 3.63) is 94.5 Å². The fraction of sp³-hybridized carbons (Fsp3) is 0.0500. The summed E-state index contributed by atoms with van der Waals surface area (Å²) < 4.78 is 2.36. The number of hydrogen-bond acceptors (Lipinski definition) is 1. The van der Waals surface area contributed by atoms with E-state index < -0.39 is 0 Å². The van der Waals surface area contributed by atoms with Gasteiger partial charge in [0.25, 0.3) is 0 Å². The number of halogens is 2. The summed E-state index contributed by atoms with van der Waals surface area (Å²) in [7, 11) is 0. The first kappa shape index (κ1) is 18.7. The second kappa shape index (κ2) is 9.05. The van der Waals surface area contributed by atoms with Gasteiger partial charge in [0.2, 0.25) is 0 Å². The van der Waals surface area contributed by atoms with Crippen LogP contribution in [0.1, 0.15) is 10.4 Å². The average Bonchev–Trinajstić information content (AvgIpc) is 2.65. The Morgan fingerprint density at radius 3 is 1.56 bits per heavy atom. The molecule has 0 aliphatic heterocycles. The number of carbonyl (C=O) groups is 1. The van der Waals surface area contributed by atoms with Gasteiger partial charge in [-0.15, -0.1) is 0 Å². The molecule has 0 amide bonds. The van der Waals surface area contributed by atoms with Crippen LogP contribution < -0.4 is 8.92 Å². The molecule has 0 spiro atoms. The Hall–Kier alpha value is -1.05. The summed E-state index contributed by atoms with van der Waals surface area (Å²) in [5.74, 6) is 0.213. The first-order valence-electron chi connectivity index (χ1n) is 7.55. The van der Waals surface area contributed by atoms with E-state index in [1.807, 2.05) is 78.9 Å². The van der Waals surface area contributed by atoms with Gasteiger partial charge in [0.15, 0.2) is 0 Å². The van der Waals surface area contributed by atoms with Gasteiger partial charge in [-0.05, 0) is 0 Å². The molecule has 3 aromatic carbocycles. The summed E-state index contributed by atoms with van der Waals surface area (Å²) in [6.45, 7) is 0. The maximum atomic E-state index is 13.1. The molecule has 0 aliphatic rings. The van der Waals surface area contributed by atoms with E-state index in [0.29, 0.717) is 10.0 Å². The summed E-state index contributed by atoms with van der Waals surface area (Å²) in [5, 5.41) is 1.43. The van der Waals surface area contributed by atoms with Crippen molar-refractivity contribution in [3.63, 3.8) is 0 Å². The molecular formula is C20H14Cl2OSe2. The average molecular weight is 499 g/mol. The normalized spacial score (nSPS) is 10.8. The van der Waals surface area contributed by atoms with Crippen LogP contribution in [-0.4, -0.2) is 35.7 Å². The van der Waals surface area contributed by atoms with Crippen LogP contribution in [0.15, 0.2) is 78.9 Å². The van der Waals surface area contributed by atoms with Crippen molar-refractivity contribution < 1.29 is 4.79 Å². The third-order valence-electron chi connectivity index (χ3n) is 3.39. The molecule has 0 aliphatic carbocycles. The fourth-order valence-electron chi connectivity index (χ4n) is 2.14. The number of carbonyl (C=O) groups excluding carboxylic acids is 1. The van der Waals surface area contributed by atoms with Crippen molar-refractivity contribution in [2.45, 2.75) is 3.71 Å². The van der Waals surface area contributed by atoms with Gasteiger partial charge < -0.3 is 0 Å². The minimum atomic E-state index is -0.00949. The van der Waals surface area contributed by atoms with E-state index >= 15 is 0 Å². The van der Waals surface area contributed by atoms with Gasteiger partial charge in [-0.1, -0.05) is 0 Å². The zero-order valence-electron chi connectivity index (χ0n) is 13.1. The zero-order valence-corrected chi connectivity index (χ0v) is 18.0. The van der Waals surface area contributed by atoms with Crippen molar-refractivity contribution >= 4 is 67.8 Å². The van der Waals surface area contributed by atoms with E-state index in [9.17, 15) is 4.79 Å². The first-order valence-corrected chi connectivity index (χ1v) is 12.0. The molecule has 3 rings (SSSR count). The van der Waals surface area contributed by atoms with Gasteiger partial charge in [-0.3, -0.25) is 0 Å². The van der Waals surface area contributed by atoms with Crippen LogP contribution in [0.3, 0.4) is 0 Å². The van der Waals surface area contributed by atoms with Gasteiger partial charge in [0.1, 0.15) is 0 Å². The summed E-state index contributed by atoms with van der Waals surface area (Å²) in [5.41, 5.74) is 0.777. The summed E-state index contributed by atoms with van der Waals surface area (Å²) in [4.78, 5) is 13.1. The van der Waals surface area contributed by atoms with Crippen LogP contribution in [-0.2, 0) is 0 Å². The van der Waals surface area contributed by atoms with E-state index in [-0.39, 0.29) is 39.4 Å². The Balaban J connectivity index is 1.85. The molecule has 0 heterocycles. The SMILES string of the molecule is O=C(c1ccccc1)C([Se]c1ccc(Cl)cc1)[Se]c1ccc(Cl)cc1. The molecule has 0 fully saturated rings. The third kappa shape index (κ3) is 5.46. The Morgan fingerprint density at radius 2 is 1.12 bits per heavy atom. The summed E-state index contributed by atoms with van der Waals surface area (Å²) in [6.07, 6.45) is 0. The Kier molecular flexibility index (Phi) is 6.78. The van der Waals surface area contributed by atoms with Gasteiger partial charge in [0.05, 0.1) is 0 Å². The number of benzene rings is 3. The van der Waals surface area contributed by atoms with Crippen LogP contribution in [0.4, 0.5) is 0 Å². The Labute approximate surface area is 170 Å². The first-order chi connectivity index (χ1) is 12.1. The quantitative estimate of drug-likeness (QED) is 0.371. The van der Waals surface area contributed by atoms with Gasteiger partial charge in [-0.25, -0.2) is 0 Å². The molecule has 5 heteroatoms. The van der Waals surface area contributed by atoms with Crippen LogP contribution in [0.25, 0.3) is 0 Å². The van der Waals surface area contributed by atoms with Crippen molar-refractivity contribution in [1.29, 1.82) is 0 Å². The second-order valence-corrected chi connectivity index (χ2v) is 12.5. The number of hydrogen-bond donors (Lipinski definition) is 0. The molecule has 0 bridgehead atoms. The van der Waals surface area contributed by atoms with E-state index in [2.05, 4.69) is 0 Å². The third-order valence-corrected chi connectivity index (χ3v) is 10.1. The molecule has 0 N–H and O–H groups in total. The monoisotopic (exact) mass is 500 g/mol. The van der Waals surface area contributed by atoms with Gasteiger partial charge in [0, 0.05) is 0 Å². The Morgan fingerprint density at radius 1 is 0.680 bits per heavy atom.